The molecule has 1 aliphatic rings. The Kier molecular flexibility index (Phi) is 4.41. The van der Waals surface area contributed by atoms with Gasteiger partial charge in [-0.05, 0) is 19.1 Å². The summed E-state index contributed by atoms with van der Waals surface area (Å²) in [6, 6.07) is 15.9. The zero-order valence-corrected chi connectivity index (χ0v) is 15.3. The Bertz CT molecular complexity index is 1030. The van der Waals surface area contributed by atoms with Crippen molar-refractivity contribution < 1.29 is 9.59 Å². The summed E-state index contributed by atoms with van der Waals surface area (Å²) in [6.45, 7) is 1.88. The summed E-state index contributed by atoms with van der Waals surface area (Å²) in [6.07, 6.45) is 0.0125. The second-order valence-electron chi connectivity index (χ2n) is 6.37. The van der Waals surface area contributed by atoms with Gasteiger partial charge >= 0.3 is 0 Å². The van der Waals surface area contributed by atoms with Crippen LogP contribution in [0.15, 0.2) is 54.6 Å². The van der Waals surface area contributed by atoms with E-state index in [9.17, 15) is 9.59 Å². The van der Waals surface area contributed by atoms with Gasteiger partial charge in [0.05, 0.1) is 22.8 Å². The number of fused-ring (bicyclic) bond motifs is 1. The van der Waals surface area contributed by atoms with Crippen LogP contribution in [0.1, 0.15) is 18.0 Å². The molecule has 1 unspecified atom stereocenters. The molecule has 0 fully saturated rings. The van der Waals surface area contributed by atoms with Gasteiger partial charge in [-0.3, -0.25) is 9.59 Å². The number of nitrogens with one attached hydrogen (secondary N) is 2. The summed E-state index contributed by atoms with van der Waals surface area (Å²) in [7, 11) is 0. The summed E-state index contributed by atoms with van der Waals surface area (Å²) >= 11 is 6.13. The van der Waals surface area contributed by atoms with Crippen LogP contribution in [0.3, 0.4) is 0 Å². The van der Waals surface area contributed by atoms with E-state index >= 15 is 0 Å². The number of hydrogen-bond acceptors (Lipinski definition) is 3. The minimum absolute atomic E-state index is 0.0125. The van der Waals surface area contributed by atoms with Crippen molar-refractivity contribution in [3.63, 3.8) is 0 Å². The van der Waals surface area contributed by atoms with Gasteiger partial charge in [0, 0.05) is 11.1 Å². The maximum atomic E-state index is 12.9. The summed E-state index contributed by atoms with van der Waals surface area (Å²) in [5.74, 6) is -0.00450. The van der Waals surface area contributed by atoms with Gasteiger partial charge in [0.2, 0.25) is 11.8 Å². The molecular weight excluding hydrogens is 364 g/mol. The minimum Gasteiger partial charge on any atom is -0.323 e. The zero-order chi connectivity index (χ0) is 19.0. The van der Waals surface area contributed by atoms with Crippen LogP contribution in [0.5, 0.6) is 0 Å². The van der Waals surface area contributed by atoms with Gasteiger partial charge in [0.25, 0.3) is 0 Å². The Hall–Kier alpha value is -3.12. The first-order valence-electron chi connectivity index (χ1n) is 8.54. The third-order valence-corrected chi connectivity index (χ3v) is 4.89. The average Bonchev–Trinajstić information content (AvgIpc) is 3.00. The standard InChI is InChI=1S/C20H17ClN4O2/c1-12-18(13-7-3-2-4-8-13)24-25-16(11-17(26)23-19(12)25)20(27)22-15-10-6-5-9-14(15)21/h2-10,16H,11H2,1H3,(H,22,27)(H,23,26). The van der Waals surface area contributed by atoms with Crippen LogP contribution in [0.25, 0.3) is 11.3 Å². The highest BCUT2D eigenvalue weighted by atomic mass is 35.5. The maximum absolute atomic E-state index is 12.9. The van der Waals surface area contributed by atoms with E-state index in [0.29, 0.717) is 16.5 Å². The molecule has 0 aliphatic carbocycles. The second-order valence-corrected chi connectivity index (χ2v) is 6.78. The fourth-order valence-electron chi connectivity index (χ4n) is 3.19. The molecule has 0 radical (unpaired) electrons. The van der Waals surface area contributed by atoms with Crippen molar-refractivity contribution in [2.45, 2.75) is 19.4 Å². The largest absolute Gasteiger partial charge is 0.323 e. The molecule has 2 N–H and O–H groups in total. The Morgan fingerprint density at radius 2 is 1.89 bits per heavy atom. The Morgan fingerprint density at radius 3 is 2.63 bits per heavy atom. The van der Waals surface area contributed by atoms with Crippen LogP contribution in [0.4, 0.5) is 11.5 Å². The van der Waals surface area contributed by atoms with E-state index in [1.54, 1.807) is 28.9 Å². The fourth-order valence-corrected chi connectivity index (χ4v) is 3.37. The van der Waals surface area contributed by atoms with Gasteiger partial charge in [-0.2, -0.15) is 5.10 Å². The summed E-state index contributed by atoms with van der Waals surface area (Å²) in [4.78, 5) is 25.1. The topological polar surface area (TPSA) is 76.0 Å². The zero-order valence-electron chi connectivity index (χ0n) is 14.6. The Balaban J connectivity index is 1.71. The predicted molar refractivity (Wildman–Crippen MR) is 105 cm³/mol. The molecule has 3 aromatic rings. The highest BCUT2D eigenvalue weighted by Crippen LogP contribution is 2.34. The number of carbonyl (C=O) groups excluding carboxylic acids is 2. The number of aromatic nitrogens is 2. The summed E-state index contributed by atoms with van der Waals surface area (Å²) in [5.41, 5.74) is 2.99. The lowest BCUT2D eigenvalue weighted by Crippen LogP contribution is -2.36. The fraction of sp³-hybridized carbons (Fsp3) is 0.150. The third-order valence-electron chi connectivity index (χ3n) is 4.56. The second kappa shape index (κ2) is 6.89. The van der Waals surface area contributed by atoms with Crippen LogP contribution in [-0.4, -0.2) is 21.6 Å². The summed E-state index contributed by atoms with van der Waals surface area (Å²) < 4.78 is 1.59. The van der Waals surface area contributed by atoms with Crippen molar-refractivity contribution >= 4 is 34.9 Å². The highest BCUT2D eigenvalue weighted by molar-refractivity contribution is 6.33. The van der Waals surface area contributed by atoms with Crippen molar-refractivity contribution in [1.29, 1.82) is 0 Å². The van der Waals surface area contributed by atoms with E-state index in [1.807, 2.05) is 37.3 Å². The van der Waals surface area contributed by atoms with E-state index < -0.39 is 6.04 Å². The molecule has 1 aromatic heterocycles. The van der Waals surface area contributed by atoms with Crippen molar-refractivity contribution in [1.82, 2.24) is 9.78 Å². The highest BCUT2D eigenvalue weighted by Gasteiger charge is 2.34. The van der Waals surface area contributed by atoms with E-state index in [4.69, 9.17) is 11.6 Å². The van der Waals surface area contributed by atoms with Crippen molar-refractivity contribution in [2.75, 3.05) is 10.6 Å². The smallest absolute Gasteiger partial charge is 0.249 e. The van der Waals surface area contributed by atoms with Crippen LogP contribution in [0.2, 0.25) is 5.02 Å². The van der Waals surface area contributed by atoms with Crippen LogP contribution < -0.4 is 10.6 Å². The number of benzene rings is 2. The number of para-hydroxylation sites is 1. The SMILES string of the molecule is Cc1c(-c2ccccc2)nn2c1NC(=O)CC2C(=O)Nc1ccccc1Cl. The first-order chi connectivity index (χ1) is 13.0. The lowest BCUT2D eigenvalue weighted by molar-refractivity contribution is -0.125. The van der Waals surface area contributed by atoms with Crippen LogP contribution >= 0.6 is 11.6 Å². The van der Waals surface area contributed by atoms with Gasteiger partial charge < -0.3 is 10.6 Å². The molecule has 1 aliphatic heterocycles. The number of rotatable bonds is 3. The number of nitrogens with zero attached hydrogens (tertiary/aromatic N) is 2. The lowest BCUT2D eigenvalue weighted by Gasteiger charge is -2.24. The van der Waals surface area contributed by atoms with Gasteiger partial charge in [-0.1, -0.05) is 54.1 Å². The Labute approximate surface area is 161 Å². The normalized spacial score (nSPS) is 15.8. The van der Waals surface area contributed by atoms with Crippen molar-refractivity contribution in [3.05, 3.63) is 65.2 Å². The van der Waals surface area contributed by atoms with Crippen molar-refractivity contribution in [3.8, 4) is 11.3 Å². The molecule has 7 heteroatoms. The van der Waals surface area contributed by atoms with Crippen LogP contribution in [-0.2, 0) is 9.59 Å². The molecule has 0 saturated heterocycles. The molecule has 0 spiro atoms. The van der Waals surface area contributed by atoms with E-state index in [0.717, 1.165) is 16.8 Å². The molecule has 6 nitrogen and oxygen atoms in total. The first kappa shape index (κ1) is 17.3. The molecular formula is C20H17ClN4O2. The molecule has 27 heavy (non-hydrogen) atoms. The van der Waals surface area contributed by atoms with E-state index in [1.165, 1.54) is 0 Å². The summed E-state index contributed by atoms with van der Waals surface area (Å²) in [5, 5.41) is 10.7. The van der Waals surface area contributed by atoms with Gasteiger partial charge in [-0.15, -0.1) is 0 Å². The minimum atomic E-state index is -0.749. The number of carbonyl (C=O) groups is 2. The Morgan fingerprint density at radius 1 is 1.19 bits per heavy atom. The monoisotopic (exact) mass is 380 g/mol. The lowest BCUT2D eigenvalue weighted by atomic mass is 10.1. The molecule has 1 atom stereocenters. The van der Waals surface area contributed by atoms with Gasteiger partial charge in [0.15, 0.2) is 0 Å². The molecule has 2 amide bonds. The number of amides is 2. The molecule has 2 heterocycles. The van der Waals surface area contributed by atoms with E-state index in [-0.39, 0.29) is 18.2 Å². The number of halogens is 1. The quantitative estimate of drug-likeness (QED) is 0.720. The van der Waals surface area contributed by atoms with Crippen molar-refractivity contribution in [2.24, 2.45) is 0 Å². The molecule has 4 rings (SSSR count). The molecule has 0 bridgehead atoms. The maximum Gasteiger partial charge on any atom is 0.249 e. The first-order valence-corrected chi connectivity index (χ1v) is 8.92. The third kappa shape index (κ3) is 3.19. The number of anilines is 2. The van der Waals surface area contributed by atoms with Crippen LogP contribution in [0, 0.1) is 6.92 Å². The number of hydrogen-bond donors (Lipinski definition) is 2. The van der Waals surface area contributed by atoms with E-state index in [2.05, 4.69) is 15.7 Å². The van der Waals surface area contributed by atoms with Gasteiger partial charge in [0.1, 0.15) is 11.9 Å². The molecule has 2 aromatic carbocycles. The molecule has 0 saturated carbocycles. The van der Waals surface area contributed by atoms with Gasteiger partial charge in [-0.25, -0.2) is 4.68 Å². The predicted octanol–water partition coefficient (Wildman–Crippen LogP) is 4.03. The average molecular weight is 381 g/mol. The molecule has 136 valence electrons.